The summed E-state index contributed by atoms with van der Waals surface area (Å²) in [5, 5.41) is 7.12. The lowest BCUT2D eigenvalue weighted by Crippen LogP contribution is -2.31. The van der Waals surface area contributed by atoms with E-state index in [-0.39, 0.29) is 18.0 Å². The lowest BCUT2D eigenvalue weighted by Gasteiger charge is -2.21. The van der Waals surface area contributed by atoms with Gasteiger partial charge in [0.05, 0.1) is 5.52 Å². The minimum absolute atomic E-state index is 0.124. The molecule has 7 heteroatoms. The Hall–Kier alpha value is -4.26. The topological polar surface area (TPSA) is 81.6 Å². The molecule has 37 heavy (non-hydrogen) atoms. The number of amides is 1. The fourth-order valence-electron chi connectivity index (χ4n) is 4.52. The highest BCUT2D eigenvalue weighted by molar-refractivity contribution is 5.93. The van der Waals surface area contributed by atoms with Crippen molar-refractivity contribution >= 4 is 28.2 Å². The van der Waals surface area contributed by atoms with E-state index in [9.17, 15) is 9.59 Å². The van der Waals surface area contributed by atoms with Crippen molar-refractivity contribution in [1.82, 2.24) is 4.57 Å². The van der Waals surface area contributed by atoms with Crippen LogP contribution in [0.15, 0.2) is 65.5 Å². The fraction of sp³-hybridized carbons (Fsp3) is 0.267. The Labute approximate surface area is 216 Å². The predicted octanol–water partition coefficient (Wildman–Crippen LogP) is 5.20. The summed E-state index contributed by atoms with van der Waals surface area (Å²) in [4.78, 5) is 26.8. The van der Waals surface area contributed by atoms with E-state index in [1.165, 1.54) is 10.1 Å². The van der Waals surface area contributed by atoms with Gasteiger partial charge in [-0.2, -0.15) is 0 Å². The number of hydrogen-bond acceptors (Lipinski definition) is 5. The van der Waals surface area contributed by atoms with Gasteiger partial charge in [-0.3, -0.25) is 14.2 Å². The molecule has 0 atom stereocenters. The number of anilines is 2. The van der Waals surface area contributed by atoms with Crippen molar-refractivity contribution in [3.05, 3.63) is 93.3 Å². The zero-order valence-electron chi connectivity index (χ0n) is 21.4. The molecular formula is C30H31N3O4. The number of carbonyl (C=O) groups is 1. The molecule has 0 saturated heterocycles. The molecule has 0 spiro atoms. The lowest BCUT2D eigenvalue weighted by atomic mass is 10.1. The van der Waals surface area contributed by atoms with Gasteiger partial charge in [-0.25, -0.2) is 0 Å². The number of carbonyl (C=O) groups excluding carboxylic acids is 1. The van der Waals surface area contributed by atoms with Crippen LogP contribution in [0.25, 0.3) is 10.9 Å². The molecule has 0 fully saturated rings. The van der Waals surface area contributed by atoms with Crippen LogP contribution >= 0.6 is 0 Å². The second-order valence-corrected chi connectivity index (χ2v) is 9.39. The van der Waals surface area contributed by atoms with Crippen LogP contribution in [-0.2, 0) is 24.3 Å². The third kappa shape index (κ3) is 5.31. The molecule has 2 heterocycles. The quantitative estimate of drug-likeness (QED) is 0.367. The van der Waals surface area contributed by atoms with E-state index >= 15 is 0 Å². The van der Waals surface area contributed by atoms with E-state index in [4.69, 9.17) is 9.47 Å². The summed E-state index contributed by atoms with van der Waals surface area (Å²) in [6.07, 6.45) is 0.968. The average molecular weight is 498 g/mol. The Kier molecular flexibility index (Phi) is 6.86. The molecule has 5 rings (SSSR count). The Morgan fingerprint density at radius 1 is 0.946 bits per heavy atom. The van der Waals surface area contributed by atoms with Crippen molar-refractivity contribution in [2.45, 2.75) is 40.3 Å². The zero-order valence-corrected chi connectivity index (χ0v) is 21.4. The molecule has 190 valence electrons. The number of benzene rings is 3. The summed E-state index contributed by atoms with van der Waals surface area (Å²) in [5.74, 6) is 0.939. The highest BCUT2D eigenvalue weighted by Gasteiger charge is 2.18. The molecule has 3 aromatic carbocycles. The molecule has 1 aliphatic heterocycles. The first-order valence-corrected chi connectivity index (χ1v) is 12.6. The molecule has 0 radical (unpaired) electrons. The number of ether oxygens (including phenoxy) is 2. The van der Waals surface area contributed by atoms with E-state index in [2.05, 4.69) is 29.7 Å². The van der Waals surface area contributed by atoms with E-state index in [0.717, 1.165) is 34.3 Å². The molecular weight excluding hydrogens is 466 g/mol. The second-order valence-electron chi connectivity index (χ2n) is 9.39. The van der Waals surface area contributed by atoms with Gasteiger partial charge in [0, 0.05) is 34.9 Å². The van der Waals surface area contributed by atoms with Crippen molar-refractivity contribution in [1.29, 1.82) is 0 Å². The van der Waals surface area contributed by atoms with Gasteiger partial charge in [0.25, 0.3) is 5.56 Å². The van der Waals surface area contributed by atoms with Gasteiger partial charge in [0.2, 0.25) is 5.91 Å². The number of nitrogens with zero attached hydrogens (tertiary/aromatic N) is 1. The van der Waals surface area contributed by atoms with Crippen molar-refractivity contribution in [2.24, 2.45) is 0 Å². The van der Waals surface area contributed by atoms with Gasteiger partial charge in [0.15, 0.2) is 11.5 Å². The van der Waals surface area contributed by atoms with E-state index in [1.807, 2.05) is 56.3 Å². The molecule has 1 amide bonds. The number of rotatable bonds is 7. The van der Waals surface area contributed by atoms with Crippen LogP contribution in [0, 0.1) is 13.8 Å². The molecule has 1 aromatic heterocycles. The van der Waals surface area contributed by atoms with Crippen molar-refractivity contribution in [2.75, 3.05) is 23.8 Å². The Bertz CT molecular complexity index is 1520. The Balaban J connectivity index is 1.50. The second kappa shape index (κ2) is 10.4. The SMILES string of the molecule is CCc1ccc(NCc2cc3cc4c(cc3n(CC(=O)Nc3cc(C)ccc3C)c2=O)OCCO4)cc1. The van der Waals surface area contributed by atoms with Crippen molar-refractivity contribution in [3.8, 4) is 11.5 Å². The molecule has 0 aliphatic carbocycles. The van der Waals surface area contributed by atoms with Crippen LogP contribution in [0.2, 0.25) is 0 Å². The first kappa shape index (κ1) is 24.4. The minimum Gasteiger partial charge on any atom is -0.486 e. The third-order valence-corrected chi connectivity index (χ3v) is 6.65. The summed E-state index contributed by atoms with van der Waals surface area (Å²) >= 11 is 0. The number of nitrogens with one attached hydrogen (secondary N) is 2. The molecule has 2 N–H and O–H groups in total. The summed E-state index contributed by atoms with van der Waals surface area (Å²) in [5.41, 5.74) is 5.89. The fourth-order valence-corrected chi connectivity index (χ4v) is 4.52. The highest BCUT2D eigenvalue weighted by Crippen LogP contribution is 2.34. The minimum atomic E-state index is -0.271. The van der Waals surface area contributed by atoms with Crippen LogP contribution in [0.3, 0.4) is 0 Å². The normalized spacial score (nSPS) is 12.4. The number of aryl methyl sites for hydroxylation is 3. The molecule has 4 aromatic rings. The molecule has 1 aliphatic rings. The van der Waals surface area contributed by atoms with E-state index in [1.54, 1.807) is 6.07 Å². The summed E-state index contributed by atoms with van der Waals surface area (Å²) < 4.78 is 13.0. The van der Waals surface area contributed by atoms with Gasteiger partial charge < -0.3 is 20.1 Å². The molecule has 7 nitrogen and oxygen atoms in total. The largest absolute Gasteiger partial charge is 0.486 e. The van der Waals surface area contributed by atoms with Crippen LogP contribution in [0.5, 0.6) is 11.5 Å². The maximum Gasteiger partial charge on any atom is 0.256 e. The predicted molar refractivity (Wildman–Crippen MR) is 147 cm³/mol. The molecule has 0 unspecified atom stereocenters. The standard InChI is InChI=1S/C30H31N3O4/c1-4-21-7-9-24(10-8-21)31-17-23-14-22-15-27-28(37-12-11-36-27)16-26(22)33(30(23)35)18-29(34)32-25-13-19(2)5-6-20(25)3/h5-10,13-16,31H,4,11-12,17-18H2,1-3H3,(H,32,34). The van der Waals surface area contributed by atoms with Gasteiger partial charge in [-0.15, -0.1) is 0 Å². The summed E-state index contributed by atoms with van der Waals surface area (Å²) in [6.45, 7) is 7.15. The van der Waals surface area contributed by atoms with Gasteiger partial charge in [-0.1, -0.05) is 31.2 Å². The molecule has 0 saturated carbocycles. The van der Waals surface area contributed by atoms with Crippen LogP contribution < -0.4 is 25.7 Å². The van der Waals surface area contributed by atoms with E-state index in [0.29, 0.717) is 42.3 Å². The zero-order chi connectivity index (χ0) is 25.9. The highest BCUT2D eigenvalue weighted by atomic mass is 16.6. The van der Waals surface area contributed by atoms with Crippen molar-refractivity contribution in [3.63, 3.8) is 0 Å². The third-order valence-electron chi connectivity index (χ3n) is 6.65. The Morgan fingerprint density at radius 3 is 2.41 bits per heavy atom. The smallest absolute Gasteiger partial charge is 0.256 e. The monoisotopic (exact) mass is 497 g/mol. The first-order valence-electron chi connectivity index (χ1n) is 12.6. The van der Waals surface area contributed by atoms with Crippen LogP contribution in [0.1, 0.15) is 29.2 Å². The summed E-state index contributed by atoms with van der Waals surface area (Å²) in [7, 11) is 0. The summed E-state index contributed by atoms with van der Waals surface area (Å²) in [6, 6.07) is 19.6. The van der Waals surface area contributed by atoms with Crippen LogP contribution in [0.4, 0.5) is 11.4 Å². The van der Waals surface area contributed by atoms with Gasteiger partial charge >= 0.3 is 0 Å². The maximum atomic E-state index is 13.7. The Morgan fingerprint density at radius 2 is 1.68 bits per heavy atom. The molecule has 0 bridgehead atoms. The number of fused-ring (bicyclic) bond motifs is 2. The lowest BCUT2D eigenvalue weighted by molar-refractivity contribution is -0.116. The number of hydrogen-bond donors (Lipinski definition) is 2. The number of aromatic nitrogens is 1. The van der Waals surface area contributed by atoms with Crippen LogP contribution in [-0.4, -0.2) is 23.7 Å². The first-order chi connectivity index (χ1) is 17.9. The van der Waals surface area contributed by atoms with Crippen molar-refractivity contribution < 1.29 is 14.3 Å². The van der Waals surface area contributed by atoms with E-state index < -0.39 is 0 Å². The average Bonchev–Trinajstić information content (AvgIpc) is 2.90. The maximum absolute atomic E-state index is 13.7. The number of pyridine rings is 1. The van der Waals surface area contributed by atoms with Gasteiger partial charge in [0.1, 0.15) is 19.8 Å². The van der Waals surface area contributed by atoms with Gasteiger partial charge in [-0.05, 0) is 67.3 Å².